The zero-order chi connectivity index (χ0) is 21.2. The van der Waals surface area contributed by atoms with E-state index in [1.807, 2.05) is 60.7 Å². The van der Waals surface area contributed by atoms with E-state index in [0.717, 1.165) is 66.1 Å². The Hall–Kier alpha value is -2.54. The molecule has 0 fully saturated rings. The molecule has 0 saturated carbocycles. The van der Waals surface area contributed by atoms with E-state index >= 15 is 0 Å². The normalized spacial score (nSPS) is 10.4. The highest BCUT2D eigenvalue weighted by atomic mass is 35.5. The van der Waals surface area contributed by atoms with Crippen LogP contribution in [0.1, 0.15) is 37.1 Å². The summed E-state index contributed by atoms with van der Waals surface area (Å²) in [4.78, 5) is 9.38. The largest absolute Gasteiger partial charge is 0.370 e. The van der Waals surface area contributed by atoms with Gasteiger partial charge in [0.15, 0.2) is 11.8 Å². The summed E-state index contributed by atoms with van der Waals surface area (Å²) in [6.07, 6.45) is 8.17. The highest BCUT2D eigenvalue weighted by Gasteiger charge is 2.05. The molecule has 0 radical (unpaired) electrons. The summed E-state index contributed by atoms with van der Waals surface area (Å²) in [6, 6.07) is 15.7. The lowest BCUT2D eigenvalue weighted by atomic mass is 10.2. The van der Waals surface area contributed by atoms with Gasteiger partial charge in [-0.2, -0.15) is 0 Å². The molecule has 6 nitrogen and oxygen atoms in total. The Morgan fingerprint density at radius 3 is 2.31 bits per heavy atom. The first-order chi connectivity index (χ1) is 14.6. The Morgan fingerprint density at radius 2 is 1.59 bits per heavy atom. The second-order valence-corrected chi connectivity index (χ2v) is 7.45. The van der Waals surface area contributed by atoms with Gasteiger partial charge in [0.05, 0.1) is 5.52 Å². The number of fused-ring (bicyclic) bond motifs is 1. The molecule has 0 aliphatic heterocycles. The summed E-state index contributed by atoms with van der Waals surface area (Å²) < 4.78 is 0. The number of guanidine groups is 1. The van der Waals surface area contributed by atoms with Crippen molar-refractivity contribution in [3.05, 3.63) is 64.9 Å². The monoisotopic (exact) mass is 494 g/mol. The van der Waals surface area contributed by atoms with Crippen molar-refractivity contribution < 1.29 is 0 Å². The molecule has 172 valence electrons. The van der Waals surface area contributed by atoms with Crippen LogP contribution in [-0.2, 0) is 0 Å². The lowest BCUT2D eigenvalue weighted by molar-refractivity contribution is 0.642. The number of anilines is 1. The van der Waals surface area contributed by atoms with Gasteiger partial charge in [0, 0.05) is 23.5 Å². The molecule has 5 N–H and O–H groups in total. The molecule has 0 atom stereocenters. The highest BCUT2D eigenvalue weighted by Crippen LogP contribution is 2.21. The number of nitrogens with zero attached hydrogens (tertiary/aromatic N) is 2. The molecule has 0 aliphatic rings. The van der Waals surface area contributed by atoms with Gasteiger partial charge in [-0.05, 0) is 48.7 Å². The van der Waals surface area contributed by atoms with Crippen molar-refractivity contribution in [1.29, 1.82) is 5.41 Å². The molecule has 3 rings (SSSR count). The smallest absolute Gasteiger partial charge is 0.185 e. The van der Waals surface area contributed by atoms with Gasteiger partial charge in [-0.15, -0.1) is 24.8 Å². The van der Waals surface area contributed by atoms with Gasteiger partial charge in [-0.25, -0.2) is 9.97 Å². The minimum absolute atomic E-state index is 0. The Morgan fingerprint density at radius 1 is 0.906 bits per heavy atom. The van der Waals surface area contributed by atoms with E-state index in [9.17, 15) is 0 Å². The second kappa shape index (κ2) is 14.5. The third-order valence-corrected chi connectivity index (χ3v) is 4.88. The number of hydrogen-bond acceptors (Lipinski definition) is 4. The average Bonchev–Trinajstić information content (AvgIpc) is 2.75. The molecule has 0 spiro atoms. The lowest BCUT2D eigenvalue weighted by Gasteiger charge is -2.10. The van der Waals surface area contributed by atoms with Crippen LogP contribution in [0, 0.1) is 5.41 Å². The molecular weight excluding hydrogens is 467 g/mol. The summed E-state index contributed by atoms with van der Waals surface area (Å²) in [5.74, 6) is 1.56. The summed E-state index contributed by atoms with van der Waals surface area (Å²) in [5, 5.41) is 15.2. The Labute approximate surface area is 206 Å². The first kappa shape index (κ1) is 27.5. The van der Waals surface area contributed by atoms with E-state index in [-0.39, 0.29) is 30.8 Å². The van der Waals surface area contributed by atoms with Crippen molar-refractivity contribution in [3.63, 3.8) is 0 Å². The molecule has 1 heterocycles. The molecule has 2 aromatic carbocycles. The fourth-order valence-corrected chi connectivity index (χ4v) is 3.21. The quantitative estimate of drug-likeness (QED) is 0.163. The number of nitrogens with two attached hydrogens (primary N) is 1. The number of nitrogens with one attached hydrogen (secondary N) is 3. The van der Waals surface area contributed by atoms with Crippen LogP contribution in [0.2, 0.25) is 5.02 Å². The molecule has 9 heteroatoms. The molecule has 0 aliphatic carbocycles. The third-order valence-electron chi connectivity index (χ3n) is 4.63. The maximum atomic E-state index is 7.14. The maximum Gasteiger partial charge on any atom is 0.185 e. The van der Waals surface area contributed by atoms with Gasteiger partial charge in [0.25, 0.3) is 0 Å². The number of rotatable bonds is 10. The zero-order valence-electron chi connectivity index (χ0n) is 17.7. The summed E-state index contributed by atoms with van der Waals surface area (Å²) in [5.41, 5.74) is 7.24. The standard InChI is InChI=1S/C23H27ClN6.2ClH/c24-18-12-9-17(10-13-18)11-14-21-29-20-8-4-3-7-19(20)22(30-21)27-15-5-1-2-6-16-28-23(25)26;;/h3-4,7-14H,1-2,5-6,15-16H2,(H4,25,26,28)(H,27,29,30);2*1H. The number of hydrogen-bond donors (Lipinski definition) is 4. The fourth-order valence-electron chi connectivity index (χ4n) is 3.08. The van der Waals surface area contributed by atoms with Crippen LogP contribution in [0.3, 0.4) is 0 Å². The number of benzene rings is 2. The highest BCUT2D eigenvalue weighted by molar-refractivity contribution is 6.30. The van der Waals surface area contributed by atoms with Crippen LogP contribution in [0.25, 0.3) is 23.1 Å². The molecular formula is C23H29Cl3N6. The number of aromatic nitrogens is 2. The summed E-state index contributed by atoms with van der Waals surface area (Å²) >= 11 is 5.95. The van der Waals surface area contributed by atoms with Crippen molar-refractivity contribution in [3.8, 4) is 0 Å². The zero-order valence-corrected chi connectivity index (χ0v) is 20.1. The molecule has 0 amide bonds. The Balaban J connectivity index is 0.00000256. The SMILES string of the molecule is Cl.Cl.N=C(N)NCCCCCCNc1nc(C=Cc2ccc(Cl)cc2)nc2ccccc12. The van der Waals surface area contributed by atoms with Crippen LogP contribution in [0.5, 0.6) is 0 Å². The maximum absolute atomic E-state index is 7.14. The third kappa shape index (κ3) is 8.91. The van der Waals surface area contributed by atoms with E-state index in [1.165, 1.54) is 0 Å². The van der Waals surface area contributed by atoms with Crippen molar-refractivity contribution >= 4 is 71.2 Å². The van der Waals surface area contributed by atoms with Crippen molar-refractivity contribution in [2.24, 2.45) is 5.73 Å². The van der Waals surface area contributed by atoms with Gasteiger partial charge < -0.3 is 16.4 Å². The molecule has 0 bridgehead atoms. The molecule has 0 saturated heterocycles. The van der Waals surface area contributed by atoms with E-state index < -0.39 is 0 Å². The van der Waals surface area contributed by atoms with Crippen LogP contribution >= 0.6 is 36.4 Å². The summed E-state index contributed by atoms with van der Waals surface area (Å²) in [6.45, 7) is 1.60. The second-order valence-electron chi connectivity index (χ2n) is 7.01. The van der Waals surface area contributed by atoms with E-state index in [1.54, 1.807) is 0 Å². The van der Waals surface area contributed by atoms with Crippen molar-refractivity contribution in [2.45, 2.75) is 25.7 Å². The minimum Gasteiger partial charge on any atom is -0.370 e. The predicted molar refractivity (Wildman–Crippen MR) is 141 cm³/mol. The van der Waals surface area contributed by atoms with Gasteiger partial charge in [-0.3, -0.25) is 5.41 Å². The molecule has 0 unspecified atom stereocenters. The first-order valence-corrected chi connectivity index (χ1v) is 10.5. The predicted octanol–water partition coefficient (Wildman–Crippen LogP) is 5.75. The van der Waals surface area contributed by atoms with Crippen LogP contribution in [-0.4, -0.2) is 29.0 Å². The fraction of sp³-hybridized carbons (Fsp3) is 0.261. The first-order valence-electron chi connectivity index (χ1n) is 10.1. The molecule has 1 aromatic heterocycles. The number of halogens is 3. The van der Waals surface area contributed by atoms with E-state index in [4.69, 9.17) is 27.7 Å². The molecule has 3 aromatic rings. The van der Waals surface area contributed by atoms with Gasteiger partial charge in [0.2, 0.25) is 0 Å². The van der Waals surface area contributed by atoms with Crippen LogP contribution < -0.4 is 16.4 Å². The van der Waals surface area contributed by atoms with E-state index in [2.05, 4.69) is 15.6 Å². The van der Waals surface area contributed by atoms with Gasteiger partial charge in [-0.1, -0.05) is 54.8 Å². The lowest BCUT2D eigenvalue weighted by Crippen LogP contribution is -2.30. The Bertz CT molecular complexity index is 1010. The van der Waals surface area contributed by atoms with Crippen LogP contribution in [0.15, 0.2) is 48.5 Å². The van der Waals surface area contributed by atoms with Gasteiger partial charge >= 0.3 is 0 Å². The van der Waals surface area contributed by atoms with Crippen molar-refractivity contribution in [1.82, 2.24) is 15.3 Å². The number of unbranched alkanes of at least 4 members (excludes halogenated alkanes) is 3. The minimum atomic E-state index is 0. The average molecular weight is 496 g/mol. The van der Waals surface area contributed by atoms with E-state index in [0.29, 0.717) is 5.82 Å². The Kier molecular flexibility index (Phi) is 12.5. The van der Waals surface area contributed by atoms with Crippen molar-refractivity contribution in [2.75, 3.05) is 18.4 Å². The summed E-state index contributed by atoms with van der Waals surface area (Å²) in [7, 11) is 0. The topological polar surface area (TPSA) is 99.7 Å². The number of para-hydroxylation sites is 1. The molecule has 32 heavy (non-hydrogen) atoms. The van der Waals surface area contributed by atoms with Gasteiger partial charge in [0.1, 0.15) is 5.82 Å². The van der Waals surface area contributed by atoms with Crippen LogP contribution in [0.4, 0.5) is 5.82 Å².